The highest BCUT2D eigenvalue weighted by atomic mass is 32.2. The van der Waals surface area contributed by atoms with E-state index < -0.39 is 10.0 Å². The van der Waals surface area contributed by atoms with Crippen LogP contribution < -0.4 is 9.46 Å². The SMILES string of the molecule is CCOc1ccccc1NS(=O)(=O)c1ccc(-c2nnc(C3CCCC3)o2)o1. The molecule has 0 unspecified atom stereocenters. The molecular weight excluding hydrogens is 382 g/mol. The summed E-state index contributed by atoms with van der Waals surface area (Å²) in [6.07, 6.45) is 4.37. The molecule has 1 aromatic carbocycles. The fourth-order valence-corrected chi connectivity index (χ4v) is 4.28. The highest BCUT2D eigenvalue weighted by molar-refractivity contribution is 7.92. The summed E-state index contributed by atoms with van der Waals surface area (Å²) in [6.45, 7) is 2.25. The molecule has 0 radical (unpaired) electrons. The first kappa shape index (κ1) is 18.5. The molecule has 2 heterocycles. The van der Waals surface area contributed by atoms with E-state index in [9.17, 15) is 8.42 Å². The number of hydrogen-bond acceptors (Lipinski definition) is 7. The summed E-state index contributed by atoms with van der Waals surface area (Å²) < 4.78 is 44.5. The largest absolute Gasteiger partial charge is 0.492 e. The average molecular weight is 403 g/mol. The first-order valence-corrected chi connectivity index (χ1v) is 10.7. The molecule has 4 rings (SSSR count). The van der Waals surface area contributed by atoms with Crippen molar-refractivity contribution in [2.75, 3.05) is 11.3 Å². The molecule has 28 heavy (non-hydrogen) atoms. The van der Waals surface area contributed by atoms with Crippen LogP contribution in [-0.4, -0.2) is 25.2 Å². The molecule has 8 nitrogen and oxygen atoms in total. The lowest BCUT2D eigenvalue weighted by Gasteiger charge is -2.11. The van der Waals surface area contributed by atoms with Crippen LogP contribution in [0.4, 0.5) is 5.69 Å². The molecule has 1 saturated carbocycles. The number of para-hydroxylation sites is 2. The van der Waals surface area contributed by atoms with Crippen LogP contribution in [0.2, 0.25) is 0 Å². The molecular formula is C19H21N3O5S. The predicted octanol–water partition coefficient (Wildman–Crippen LogP) is 4.19. The molecule has 0 bridgehead atoms. The Bertz CT molecular complexity index is 1050. The fraction of sp³-hybridized carbons (Fsp3) is 0.368. The van der Waals surface area contributed by atoms with Gasteiger partial charge in [-0.2, -0.15) is 8.42 Å². The van der Waals surface area contributed by atoms with Gasteiger partial charge in [-0.3, -0.25) is 4.72 Å². The number of sulfonamides is 1. The molecule has 9 heteroatoms. The van der Waals surface area contributed by atoms with Gasteiger partial charge >= 0.3 is 0 Å². The van der Waals surface area contributed by atoms with Gasteiger partial charge in [-0.15, -0.1) is 10.2 Å². The number of aromatic nitrogens is 2. The minimum absolute atomic E-state index is 0.179. The van der Waals surface area contributed by atoms with E-state index in [4.69, 9.17) is 13.6 Å². The lowest BCUT2D eigenvalue weighted by Crippen LogP contribution is -2.13. The standard InChI is InChI=1S/C19H21N3O5S/c1-2-25-15-10-6-5-9-14(15)22-28(23,24)17-12-11-16(26-17)19-21-20-18(27-19)13-7-3-4-8-13/h5-6,9-13,22H,2-4,7-8H2,1H3. The Morgan fingerprint density at radius 2 is 1.89 bits per heavy atom. The van der Waals surface area contributed by atoms with Crippen molar-refractivity contribution in [3.63, 3.8) is 0 Å². The van der Waals surface area contributed by atoms with Crippen molar-refractivity contribution in [3.05, 3.63) is 42.3 Å². The number of anilines is 1. The lowest BCUT2D eigenvalue weighted by atomic mass is 10.1. The highest BCUT2D eigenvalue weighted by Gasteiger charge is 2.26. The summed E-state index contributed by atoms with van der Waals surface area (Å²) in [7, 11) is -3.94. The second kappa shape index (κ2) is 7.67. The van der Waals surface area contributed by atoms with Crippen LogP contribution in [-0.2, 0) is 10.0 Å². The molecule has 1 aliphatic carbocycles. The van der Waals surface area contributed by atoms with Crippen molar-refractivity contribution in [2.45, 2.75) is 43.6 Å². The van der Waals surface area contributed by atoms with E-state index in [1.54, 1.807) is 24.3 Å². The summed E-state index contributed by atoms with van der Waals surface area (Å²) in [5, 5.41) is 7.85. The van der Waals surface area contributed by atoms with Crippen molar-refractivity contribution in [2.24, 2.45) is 0 Å². The van der Waals surface area contributed by atoms with Gasteiger partial charge in [-0.25, -0.2) is 0 Å². The van der Waals surface area contributed by atoms with Gasteiger partial charge in [0.25, 0.3) is 15.9 Å². The number of furan rings is 1. The zero-order valence-electron chi connectivity index (χ0n) is 15.4. The molecule has 0 aliphatic heterocycles. The third-order valence-corrected chi connectivity index (χ3v) is 5.87. The normalized spacial score (nSPS) is 15.0. The van der Waals surface area contributed by atoms with Gasteiger partial charge in [0, 0.05) is 5.92 Å². The van der Waals surface area contributed by atoms with E-state index in [2.05, 4.69) is 14.9 Å². The van der Waals surface area contributed by atoms with Gasteiger partial charge in [-0.1, -0.05) is 25.0 Å². The Hall–Kier alpha value is -2.81. The van der Waals surface area contributed by atoms with Crippen LogP contribution in [0.15, 0.2) is 50.3 Å². The monoisotopic (exact) mass is 403 g/mol. The lowest BCUT2D eigenvalue weighted by molar-refractivity contribution is 0.342. The number of benzene rings is 1. The van der Waals surface area contributed by atoms with Gasteiger partial charge in [-0.05, 0) is 44.0 Å². The van der Waals surface area contributed by atoms with E-state index >= 15 is 0 Å². The summed E-state index contributed by atoms with van der Waals surface area (Å²) in [5.74, 6) is 1.69. The third kappa shape index (κ3) is 3.75. The quantitative estimate of drug-likeness (QED) is 0.630. The molecule has 0 amide bonds. The topological polar surface area (TPSA) is 107 Å². The van der Waals surface area contributed by atoms with Crippen LogP contribution in [0.5, 0.6) is 5.75 Å². The molecule has 2 aromatic heterocycles. The Morgan fingerprint density at radius 1 is 1.11 bits per heavy atom. The minimum Gasteiger partial charge on any atom is -0.492 e. The molecule has 3 aromatic rings. The van der Waals surface area contributed by atoms with Crippen molar-refractivity contribution in [3.8, 4) is 17.4 Å². The smallest absolute Gasteiger partial charge is 0.295 e. The van der Waals surface area contributed by atoms with Crippen LogP contribution in [0.25, 0.3) is 11.7 Å². The second-order valence-corrected chi connectivity index (χ2v) is 8.19. The third-order valence-electron chi connectivity index (χ3n) is 4.63. The van der Waals surface area contributed by atoms with E-state index in [-0.39, 0.29) is 22.7 Å². The number of nitrogens with zero attached hydrogens (tertiary/aromatic N) is 2. The summed E-state index contributed by atoms with van der Waals surface area (Å²) in [4.78, 5) is 0. The molecule has 0 spiro atoms. The van der Waals surface area contributed by atoms with Crippen molar-refractivity contribution < 1.29 is 22.0 Å². The van der Waals surface area contributed by atoms with Crippen LogP contribution in [0, 0.1) is 0 Å². The van der Waals surface area contributed by atoms with E-state index in [0.717, 1.165) is 25.7 Å². The molecule has 0 saturated heterocycles. The first-order chi connectivity index (χ1) is 13.6. The molecule has 0 atom stereocenters. The Kier molecular flexibility index (Phi) is 5.08. The summed E-state index contributed by atoms with van der Waals surface area (Å²) in [6, 6.07) is 9.67. The van der Waals surface area contributed by atoms with Gasteiger partial charge < -0.3 is 13.6 Å². The first-order valence-electron chi connectivity index (χ1n) is 9.25. The number of ether oxygens (including phenoxy) is 1. The van der Waals surface area contributed by atoms with Crippen LogP contribution >= 0.6 is 0 Å². The number of rotatable bonds is 7. The van der Waals surface area contributed by atoms with Gasteiger partial charge in [0.15, 0.2) is 5.76 Å². The second-order valence-electron chi connectivity index (χ2n) is 6.58. The van der Waals surface area contributed by atoms with Crippen molar-refractivity contribution in [1.29, 1.82) is 0 Å². The fourth-order valence-electron chi connectivity index (χ4n) is 3.28. The van der Waals surface area contributed by atoms with E-state index in [1.165, 1.54) is 12.1 Å². The minimum atomic E-state index is -3.94. The molecule has 1 fully saturated rings. The molecule has 148 valence electrons. The van der Waals surface area contributed by atoms with Crippen molar-refractivity contribution >= 4 is 15.7 Å². The van der Waals surface area contributed by atoms with Crippen LogP contribution in [0.1, 0.15) is 44.4 Å². The number of hydrogen-bond donors (Lipinski definition) is 1. The number of nitrogens with one attached hydrogen (secondary N) is 1. The van der Waals surface area contributed by atoms with Crippen LogP contribution in [0.3, 0.4) is 0 Å². The average Bonchev–Trinajstić information content (AvgIpc) is 3.43. The maximum Gasteiger partial charge on any atom is 0.295 e. The van der Waals surface area contributed by atoms with E-state index in [0.29, 0.717) is 23.9 Å². The summed E-state index contributed by atoms with van der Waals surface area (Å²) in [5.41, 5.74) is 0.337. The highest BCUT2D eigenvalue weighted by Crippen LogP contribution is 2.35. The molecule has 1 aliphatic rings. The van der Waals surface area contributed by atoms with E-state index in [1.807, 2.05) is 6.92 Å². The zero-order chi connectivity index (χ0) is 19.6. The Morgan fingerprint density at radius 3 is 2.68 bits per heavy atom. The predicted molar refractivity (Wildman–Crippen MR) is 102 cm³/mol. The Balaban J connectivity index is 1.55. The maximum absolute atomic E-state index is 12.7. The zero-order valence-corrected chi connectivity index (χ0v) is 16.2. The maximum atomic E-state index is 12.7. The van der Waals surface area contributed by atoms with Gasteiger partial charge in [0.1, 0.15) is 5.75 Å². The molecule has 1 N–H and O–H groups in total. The summed E-state index contributed by atoms with van der Waals surface area (Å²) >= 11 is 0. The van der Waals surface area contributed by atoms with Gasteiger partial charge in [0.2, 0.25) is 11.0 Å². The van der Waals surface area contributed by atoms with Gasteiger partial charge in [0.05, 0.1) is 12.3 Å². The van der Waals surface area contributed by atoms with Crippen molar-refractivity contribution in [1.82, 2.24) is 10.2 Å². The Labute approximate surface area is 163 Å².